The molecule has 23 heavy (non-hydrogen) atoms. The molecule has 0 spiro atoms. The molecule has 4 nitrogen and oxygen atoms in total. The second kappa shape index (κ2) is 7.29. The lowest BCUT2D eigenvalue weighted by Crippen LogP contribution is -2.39. The zero-order valence-electron chi connectivity index (χ0n) is 13.6. The van der Waals surface area contributed by atoms with Crippen LogP contribution in [0.25, 0.3) is 0 Å². The Morgan fingerprint density at radius 3 is 2.61 bits per heavy atom. The van der Waals surface area contributed by atoms with Gasteiger partial charge in [0.25, 0.3) is 0 Å². The summed E-state index contributed by atoms with van der Waals surface area (Å²) in [4.78, 5) is 6.97. The molecule has 1 aliphatic rings. The van der Waals surface area contributed by atoms with Gasteiger partial charge in [-0.15, -0.1) is 0 Å². The van der Waals surface area contributed by atoms with Gasteiger partial charge < -0.3 is 11.1 Å². The number of nitrogens with two attached hydrogens (primary N) is 1. The number of anilines is 1. The molecule has 1 atom stereocenters. The highest BCUT2D eigenvalue weighted by molar-refractivity contribution is 5.92. The van der Waals surface area contributed by atoms with Crippen LogP contribution < -0.4 is 11.1 Å². The molecule has 0 amide bonds. The van der Waals surface area contributed by atoms with Gasteiger partial charge in [-0.25, -0.2) is 0 Å². The van der Waals surface area contributed by atoms with E-state index in [1.807, 2.05) is 30.3 Å². The molecule has 3 rings (SSSR count). The summed E-state index contributed by atoms with van der Waals surface area (Å²) in [6.45, 7) is 5.00. The minimum absolute atomic E-state index is 0.375. The number of para-hydroxylation sites is 1. The zero-order chi connectivity index (χ0) is 16.1. The second-order valence-corrected chi connectivity index (χ2v) is 6.06. The maximum Gasteiger partial charge on any atom is 0.193 e. The molecule has 0 radical (unpaired) electrons. The summed E-state index contributed by atoms with van der Waals surface area (Å²) >= 11 is 0. The van der Waals surface area contributed by atoms with Crippen molar-refractivity contribution in [2.75, 3.05) is 18.4 Å². The van der Waals surface area contributed by atoms with Crippen molar-refractivity contribution in [3.63, 3.8) is 0 Å². The molecule has 4 heteroatoms. The van der Waals surface area contributed by atoms with Crippen LogP contribution in [0.15, 0.2) is 59.6 Å². The number of hydrogen-bond donors (Lipinski definition) is 2. The van der Waals surface area contributed by atoms with Crippen LogP contribution in [0.5, 0.6) is 0 Å². The molecule has 0 aliphatic carbocycles. The number of nitrogens with one attached hydrogen (secondary N) is 1. The summed E-state index contributed by atoms with van der Waals surface area (Å²) in [6.07, 6.45) is 1.11. The maximum absolute atomic E-state index is 5.98. The van der Waals surface area contributed by atoms with E-state index in [1.165, 1.54) is 11.1 Å². The van der Waals surface area contributed by atoms with Crippen molar-refractivity contribution in [2.45, 2.75) is 25.9 Å². The van der Waals surface area contributed by atoms with Crippen LogP contribution in [0.1, 0.15) is 18.1 Å². The smallest absolute Gasteiger partial charge is 0.193 e. The predicted octanol–water partition coefficient (Wildman–Crippen LogP) is 2.86. The molecule has 3 N–H and O–H groups in total. The van der Waals surface area contributed by atoms with Crippen molar-refractivity contribution >= 4 is 11.6 Å². The average molecular weight is 308 g/mol. The lowest BCUT2D eigenvalue weighted by molar-refractivity contribution is 0.195. The number of benzene rings is 2. The Kier molecular flexibility index (Phi) is 4.93. The Labute approximate surface area is 138 Å². The van der Waals surface area contributed by atoms with Crippen LogP contribution in [-0.2, 0) is 13.0 Å². The van der Waals surface area contributed by atoms with Crippen LogP contribution in [0.2, 0.25) is 0 Å². The van der Waals surface area contributed by atoms with E-state index in [1.54, 1.807) is 0 Å². The van der Waals surface area contributed by atoms with Crippen LogP contribution in [0.3, 0.4) is 0 Å². The van der Waals surface area contributed by atoms with Crippen molar-refractivity contribution in [1.29, 1.82) is 0 Å². The van der Waals surface area contributed by atoms with E-state index >= 15 is 0 Å². The summed E-state index contributed by atoms with van der Waals surface area (Å²) in [5, 5.41) is 3.13. The second-order valence-electron chi connectivity index (χ2n) is 6.06. The van der Waals surface area contributed by atoms with E-state index in [4.69, 9.17) is 5.73 Å². The van der Waals surface area contributed by atoms with Crippen molar-refractivity contribution < 1.29 is 0 Å². The van der Waals surface area contributed by atoms with E-state index in [0.29, 0.717) is 18.5 Å². The summed E-state index contributed by atoms with van der Waals surface area (Å²) in [6, 6.07) is 19.0. The molecule has 120 valence electrons. The highest BCUT2D eigenvalue weighted by Gasteiger charge is 2.19. The van der Waals surface area contributed by atoms with E-state index in [9.17, 15) is 0 Å². The summed E-state index contributed by atoms with van der Waals surface area (Å²) in [5.41, 5.74) is 9.86. The summed E-state index contributed by atoms with van der Waals surface area (Å²) in [7, 11) is 0. The topological polar surface area (TPSA) is 53.6 Å². The molecule has 1 aliphatic heterocycles. The van der Waals surface area contributed by atoms with E-state index < -0.39 is 0 Å². The molecule has 0 fully saturated rings. The first-order chi connectivity index (χ1) is 11.2. The highest BCUT2D eigenvalue weighted by Crippen LogP contribution is 2.20. The molecule has 0 saturated heterocycles. The lowest BCUT2D eigenvalue weighted by Gasteiger charge is -2.33. The quantitative estimate of drug-likeness (QED) is 0.674. The van der Waals surface area contributed by atoms with E-state index in [2.05, 4.69) is 46.4 Å². The fourth-order valence-electron chi connectivity index (χ4n) is 2.95. The minimum Gasteiger partial charge on any atom is -0.370 e. The maximum atomic E-state index is 5.98. The first kappa shape index (κ1) is 15.6. The SMILES string of the molecule is CC(CN=C(N)Nc1ccccc1)N1CCc2ccccc2C1. The predicted molar refractivity (Wildman–Crippen MR) is 96.6 cm³/mol. The van der Waals surface area contributed by atoms with Crippen molar-refractivity contribution in [3.8, 4) is 0 Å². The fraction of sp³-hybridized carbons (Fsp3) is 0.316. The van der Waals surface area contributed by atoms with Gasteiger partial charge in [0.15, 0.2) is 5.96 Å². The third kappa shape index (κ3) is 4.11. The van der Waals surface area contributed by atoms with Gasteiger partial charge in [-0.05, 0) is 36.6 Å². The van der Waals surface area contributed by atoms with Gasteiger partial charge in [-0.2, -0.15) is 0 Å². The molecule has 1 unspecified atom stereocenters. The van der Waals surface area contributed by atoms with Gasteiger partial charge >= 0.3 is 0 Å². The van der Waals surface area contributed by atoms with Crippen LogP contribution in [0.4, 0.5) is 5.69 Å². The molecule has 0 bridgehead atoms. The molecule has 2 aromatic rings. The van der Waals surface area contributed by atoms with Crippen LogP contribution in [0, 0.1) is 0 Å². The summed E-state index contributed by atoms with van der Waals surface area (Å²) in [5.74, 6) is 0.473. The number of rotatable bonds is 4. The molecule has 1 heterocycles. The number of guanidine groups is 1. The zero-order valence-corrected chi connectivity index (χ0v) is 13.6. The third-order valence-electron chi connectivity index (χ3n) is 4.36. The number of aliphatic imine (C=N–C) groups is 1. The van der Waals surface area contributed by atoms with E-state index in [0.717, 1.165) is 25.2 Å². The fourth-order valence-corrected chi connectivity index (χ4v) is 2.95. The monoisotopic (exact) mass is 308 g/mol. The molecule has 0 saturated carbocycles. The van der Waals surface area contributed by atoms with Gasteiger partial charge in [-0.1, -0.05) is 42.5 Å². The molecular weight excluding hydrogens is 284 g/mol. The van der Waals surface area contributed by atoms with Crippen molar-refractivity contribution in [2.24, 2.45) is 10.7 Å². The van der Waals surface area contributed by atoms with Gasteiger partial charge in [0.1, 0.15) is 0 Å². The number of fused-ring (bicyclic) bond motifs is 1. The molecule has 2 aromatic carbocycles. The van der Waals surface area contributed by atoms with Gasteiger partial charge in [-0.3, -0.25) is 9.89 Å². The van der Waals surface area contributed by atoms with Crippen LogP contribution in [-0.4, -0.2) is 30.0 Å². The van der Waals surface area contributed by atoms with Gasteiger partial charge in [0, 0.05) is 24.8 Å². The Hall–Kier alpha value is -2.33. The van der Waals surface area contributed by atoms with Gasteiger partial charge in [0.2, 0.25) is 0 Å². The summed E-state index contributed by atoms with van der Waals surface area (Å²) < 4.78 is 0. The number of nitrogens with zero attached hydrogens (tertiary/aromatic N) is 2. The van der Waals surface area contributed by atoms with Gasteiger partial charge in [0.05, 0.1) is 6.54 Å². The standard InChI is InChI=1S/C19H24N4/c1-15(13-21-19(20)22-18-9-3-2-4-10-18)23-12-11-16-7-5-6-8-17(16)14-23/h2-10,15H,11-14H2,1H3,(H3,20,21,22). The normalized spacial score (nSPS) is 16.7. The van der Waals surface area contributed by atoms with Crippen LogP contribution >= 0.6 is 0 Å². The minimum atomic E-state index is 0.375. The largest absolute Gasteiger partial charge is 0.370 e. The third-order valence-corrected chi connectivity index (χ3v) is 4.36. The lowest BCUT2D eigenvalue weighted by atomic mass is 9.99. The number of hydrogen-bond acceptors (Lipinski definition) is 2. The Morgan fingerprint density at radius 1 is 1.13 bits per heavy atom. The van der Waals surface area contributed by atoms with E-state index in [-0.39, 0.29) is 0 Å². The molecular formula is C19H24N4. The highest BCUT2D eigenvalue weighted by atomic mass is 15.2. The first-order valence-corrected chi connectivity index (χ1v) is 8.15. The molecule has 0 aromatic heterocycles. The Balaban J connectivity index is 1.55. The first-order valence-electron chi connectivity index (χ1n) is 8.15. The van der Waals surface area contributed by atoms with Crippen molar-refractivity contribution in [1.82, 2.24) is 4.90 Å². The average Bonchev–Trinajstić information content (AvgIpc) is 2.60. The van der Waals surface area contributed by atoms with Crippen molar-refractivity contribution in [3.05, 3.63) is 65.7 Å². The Morgan fingerprint density at radius 2 is 1.83 bits per heavy atom. The Bertz CT molecular complexity index is 666.